The molecule has 0 saturated carbocycles. The first-order valence-electron chi connectivity index (χ1n) is 12.1. The summed E-state index contributed by atoms with van der Waals surface area (Å²) in [6.45, 7) is 9.85. The molecule has 0 fully saturated rings. The van der Waals surface area contributed by atoms with Gasteiger partial charge in [0.15, 0.2) is 0 Å². The number of anilines is 2. The van der Waals surface area contributed by atoms with Gasteiger partial charge in [0, 0.05) is 50.2 Å². The van der Waals surface area contributed by atoms with Crippen LogP contribution in [0.15, 0.2) is 86.0 Å². The Labute approximate surface area is 254 Å². The number of amides is 2. The summed E-state index contributed by atoms with van der Waals surface area (Å²) in [5.74, 6) is -4.03. The topological polar surface area (TPSA) is 40.6 Å². The van der Waals surface area contributed by atoms with Crippen LogP contribution in [0.1, 0.15) is 26.7 Å². The average molecular weight is 598 g/mol. The number of rotatable bonds is 6. The molecule has 2 amide bonds. The van der Waals surface area contributed by atoms with E-state index in [1.165, 1.54) is 38.1 Å². The average Bonchev–Trinajstić information content (AvgIpc) is 3.67. The number of benzene rings is 2. The van der Waals surface area contributed by atoms with Crippen LogP contribution in [0.5, 0.6) is 0 Å². The Bertz CT molecular complexity index is 1150. The fourth-order valence-electron chi connectivity index (χ4n) is 3.02. The second-order valence-electron chi connectivity index (χ2n) is 7.85. The fourth-order valence-corrected chi connectivity index (χ4v) is 3.02. The van der Waals surface area contributed by atoms with E-state index >= 15 is 0 Å². The van der Waals surface area contributed by atoms with Crippen molar-refractivity contribution in [3.63, 3.8) is 0 Å². The SMILES string of the molecule is C=CCN(C(C)=O)c1ccc(F)[c-]c1F.C=CCN(C(C)=O)c1ccc(F)[c-]c1F.[C-]1=CC=CC1.[C-]1=CC=CC1.[Ti+4]. The maximum absolute atomic E-state index is 13.3. The minimum absolute atomic E-state index is 0. The van der Waals surface area contributed by atoms with E-state index in [-0.39, 0.29) is 58.0 Å². The zero-order valence-electron chi connectivity index (χ0n) is 22.9. The van der Waals surface area contributed by atoms with Crippen LogP contribution in [0, 0.1) is 47.6 Å². The van der Waals surface area contributed by atoms with Gasteiger partial charge in [0.05, 0.1) is 0 Å². The first-order valence-corrected chi connectivity index (χ1v) is 12.1. The van der Waals surface area contributed by atoms with E-state index in [9.17, 15) is 27.2 Å². The molecule has 0 heterocycles. The third-order valence-corrected chi connectivity index (χ3v) is 4.82. The molecule has 4 nitrogen and oxygen atoms in total. The number of carbonyl (C=O) groups excluding carboxylic acids is 2. The van der Waals surface area contributed by atoms with E-state index in [4.69, 9.17) is 0 Å². The van der Waals surface area contributed by atoms with Gasteiger partial charge in [-0.3, -0.25) is 21.7 Å². The van der Waals surface area contributed by atoms with Gasteiger partial charge in [-0.05, 0) is 11.4 Å². The van der Waals surface area contributed by atoms with Gasteiger partial charge < -0.3 is 9.80 Å². The van der Waals surface area contributed by atoms with Gasteiger partial charge in [0.25, 0.3) is 0 Å². The summed E-state index contributed by atoms with van der Waals surface area (Å²) in [6, 6.07) is 8.25. The van der Waals surface area contributed by atoms with Crippen LogP contribution < -0.4 is 9.80 Å². The monoisotopic (exact) mass is 598 g/mol. The minimum Gasteiger partial charge on any atom is -0.360 e. The molecule has 0 atom stereocenters. The third kappa shape index (κ3) is 14.5. The largest absolute Gasteiger partial charge is 4.00 e. The number of hydrogen-bond donors (Lipinski definition) is 0. The van der Waals surface area contributed by atoms with Gasteiger partial charge in [-0.15, -0.1) is 62.4 Å². The Morgan fingerprint density at radius 1 is 0.756 bits per heavy atom. The predicted octanol–water partition coefficient (Wildman–Crippen LogP) is 7.22. The molecule has 2 aromatic carbocycles. The molecule has 0 unspecified atom stereocenters. The molecule has 0 aromatic heterocycles. The van der Waals surface area contributed by atoms with Gasteiger partial charge >= 0.3 is 21.7 Å². The maximum atomic E-state index is 13.3. The molecule has 4 rings (SSSR count). The van der Waals surface area contributed by atoms with Crippen LogP contribution in [-0.2, 0) is 31.3 Å². The molecule has 2 aliphatic rings. The zero-order chi connectivity index (χ0) is 29.9. The third-order valence-electron chi connectivity index (χ3n) is 4.82. The van der Waals surface area contributed by atoms with Crippen molar-refractivity contribution in [1.82, 2.24) is 0 Å². The van der Waals surface area contributed by atoms with Crippen molar-refractivity contribution in [3.8, 4) is 0 Å². The van der Waals surface area contributed by atoms with E-state index in [0.29, 0.717) is 0 Å². The van der Waals surface area contributed by atoms with Gasteiger partial charge in [-0.2, -0.15) is 12.2 Å². The fraction of sp³-hybridized carbons (Fsp3) is 0.188. The van der Waals surface area contributed by atoms with E-state index in [1.807, 2.05) is 36.4 Å². The predicted molar refractivity (Wildman–Crippen MR) is 150 cm³/mol. The van der Waals surface area contributed by atoms with Crippen molar-refractivity contribution >= 4 is 23.2 Å². The number of halogens is 4. The van der Waals surface area contributed by atoms with Crippen molar-refractivity contribution in [2.45, 2.75) is 26.7 Å². The Kier molecular flexibility index (Phi) is 19.1. The molecule has 212 valence electrons. The molecule has 0 radical (unpaired) electrons. The molecule has 0 bridgehead atoms. The Morgan fingerprint density at radius 2 is 1.12 bits per heavy atom. The normalized spacial score (nSPS) is 11.5. The summed E-state index contributed by atoms with van der Waals surface area (Å²) in [7, 11) is 0. The number of carbonyl (C=O) groups is 2. The quantitative estimate of drug-likeness (QED) is 0.153. The number of nitrogens with zero attached hydrogens (tertiary/aromatic N) is 2. The second-order valence-corrected chi connectivity index (χ2v) is 7.85. The van der Waals surface area contributed by atoms with Gasteiger partial charge in [0.2, 0.25) is 11.8 Å². The van der Waals surface area contributed by atoms with Gasteiger partial charge in [-0.1, -0.05) is 12.2 Å². The Hall–Kier alpha value is -3.75. The van der Waals surface area contributed by atoms with Crippen molar-refractivity contribution in [2.75, 3.05) is 22.9 Å². The molecule has 0 spiro atoms. The van der Waals surface area contributed by atoms with Gasteiger partial charge in [0.1, 0.15) is 0 Å². The van der Waals surface area contributed by atoms with Crippen LogP contribution in [0.3, 0.4) is 0 Å². The van der Waals surface area contributed by atoms with Crippen LogP contribution in [0.2, 0.25) is 0 Å². The zero-order valence-corrected chi connectivity index (χ0v) is 24.5. The second kappa shape index (κ2) is 21.1. The van der Waals surface area contributed by atoms with Crippen LogP contribution >= 0.6 is 0 Å². The molecule has 2 aromatic rings. The Morgan fingerprint density at radius 3 is 1.32 bits per heavy atom. The molecular formula is C32H30F4N2O2Ti. The van der Waals surface area contributed by atoms with E-state index < -0.39 is 23.3 Å². The summed E-state index contributed by atoms with van der Waals surface area (Å²) >= 11 is 0. The summed E-state index contributed by atoms with van der Waals surface area (Å²) in [4.78, 5) is 24.7. The molecule has 0 saturated heterocycles. The standard InChI is InChI=1S/2C11H10F2NO.2C5H5.Ti/c2*1-3-6-14(8(2)15)11-5-4-9(12)7-10(11)13;2*1-2-4-5-3-1;/h2*3-5H,1,6H2,2H3;2*1-3H,4H2;/q4*-1;+4. The molecule has 0 N–H and O–H groups in total. The summed E-state index contributed by atoms with van der Waals surface area (Å²) in [6.07, 6.45) is 22.9. The number of hydrogen-bond acceptors (Lipinski definition) is 2. The van der Waals surface area contributed by atoms with Crippen molar-refractivity contribution in [2.24, 2.45) is 0 Å². The van der Waals surface area contributed by atoms with E-state index in [2.05, 4.69) is 37.5 Å². The van der Waals surface area contributed by atoms with Crippen molar-refractivity contribution in [1.29, 1.82) is 0 Å². The van der Waals surface area contributed by atoms with Crippen LogP contribution in [-0.4, -0.2) is 24.9 Å². The molecule has 0 aliphatic heterocycles. The minimum atomic E-state index is -0.882. The summed E-state index contributed by atoms with van der Waals surface area (Å²) in [5.41, 5.74) is 0.00704. The molecule has 2 aliphatic carbocycles. The smallest absolute Gasteiger partial charge is 0.360 e. The van der Waals surface area contributed by atoms with E-state index in [0.717, 1.165) is 34.8 Å². The van der Waals surface area contributed by atoms with Crippen molar-refractivity contribution in [3.05, 3.63) is 134 Å². The van der Waals surface area contributed by atoms with Crippen LogP contribution in [0.25, 0.3) is 0 Å². The Balaban J connectivity index is 0.000000573. The summed E-state index contributed by atoms with van der Waals surface area (Å²) < 4.78 is 51.7. The first kappa shape index (κ1) is 37.3. The summed E-state index contributed by atoms with van der Waals surface area (Å²) in [5, 5.41) is 0. The molecule has 41 heavy (non-hydrogen) atoms. The first-order chi connectivity index (χ1) is 19.1. The van der Waals surface area contributed by atoms with E-state index in [1.54, 1.807) is 0 Å². The van der Waals surface area contributed by atoms with Crippen LogP contribution in [0.4, 0.5) is 28.9 Å². The molecular weight excluding hydrogens is 568 g/mol. The van der Waals surface area contributed by atoms with Crippen molar-refractivity contribution < 1.29 is 48.9 Å². The van der Waals surface area contributed by atoms with Gasteiger partial charge in [-0.25, -0.2) is 41.9 Å². The maximum Gasteiger partial charge on any atom is 4.00 e. The number of allylic oxidation sites excluding steroid dienone is 8. The molecule has 9 heteroatoms.